The first-order valence-corrected chi connectivity index (χ1v) is 6.07. The molecule has 2 heteroatoms. The first kappa shape index (κ1) is 11.6. The van der Waals surface area contributed by atoms with E-state index in [9.17, 15) is 5.11 Å². The van der Waals surface area contributed by atoms with Crippen molar-refractivity contribution in [3.63, 3.8) is 0 Å². The Kier molecular flexibility index (Phi) is 3.97. The first-order valence-electron chi connectivity index (χ1n) is 6.07. The Bertz CT molecular complexity index is 302. The highest BCUT2D eigenvalue weighted by Crippen LogP contribution is 2.37. The van der Waals surface area contributed by atoms with Crippen LogP contribution in [0.3, 0.4) is 0 Å². The van der Waals surface area contributed by atoms with E-state index in [4.69, 9.17) is 4.74 Å². The van der Waals surface area contributed by atoms with Gasteiger partial charge in [-0.1, -0.05) is 43.2 Å². The zero-order valence-electron chi connectivity index (χ0n) is 9.69. The topological polar surface area (TPSA) is 29.5 Å². The molecular weight excluding hydrogens is 200 g/mol. The third kappa shape index (κ3) is 2.83. The van der Waals surface area contributed by atoms with E-state index in [-0.39, 0.29) is 12.0 Å². The number of hydrogen-bond donors (Lipinski definition) is 1. The van der Waals surface area contributed by atoms with Gasteiger partial charge >= 0.3 is 0 Å². The van der Waals surface area contributed by atoms with E-state index in [1.807, 2.05) is 18.2 Å². The number of hydrogen-bond acceptors (Lipinski definition) is 2. The fourth-order valence-electron chi connectivity index (χ4n) is 2.43. The minimum atomic E-state index is 0.0504. The average Bonchev–Trinajstić information content (AvgIpc) is 2.80. The third-order valence-electron chi connectivity index (χ3n) is 3.52. The van der Waals surface area contributed by atoms with Crippen molar-refractivity contribution in [2.24, 2.45) is 5.41 Å². The molecule has 0 radical (unpaired) electrons. The molecule has 1 saturated carbocycles. The molecule has 0 saturated heterocycles. The van der Waals surface area contributed by atoms with Crippen LogP contribution in [0.15, 0.2) is 30.3 Å². The molecule has 1 N–H and O–H groups in total. The Hall–Kier alpha value is -0.860. The molecule has 0 aromatic heterocycles. The molecule has 1 aromatic rings. The van der Waals surface area contributed by atoms with Crippen molar-refractivity contribution < 1.29 is 9.84 Å². The van der Waals surface area contributed by atoms with E-state index in [1.165, 1.54) is 18.4 Å². The number of rotatable bonds is 5. The van der Waals surface area contributed by atoms with Gasteiger partial charge in [-0.15, -0.1) is 0 Å². The van der Waals surface area contributed by atoms with Crippen LogP contribution in [0.5, 0.6) is 0 Å². The normalized spacial score (nSPS) is 18.8. The van der Waals surface area contributed by atoms with Crippen LogP contribution in [0.2, 0.25) is 0 Å². The molecule has 16 heavy (non-hydrogen) atoms. The SMILES string of the molecule is OCC1(COCc2ccccc2)CCCC1. The summed E-state index contributed by atoms with van der Waals surface area (Å²) in [7, 11) is 0. The van der Waals surface area contributed by atoms with E-state index < -0.39 is 0 Å². The largest absolute Gasteiger partial charge is 0.396 e. The number of aliphatic hydroxyl groups is 1. The Morgan fingerprint density at radius 2 is 1.81 bits per heavy atom. The Balaban J connectivity index is 1.79. The maximum Gasteiger partial charge on any atom is 0.0717 e. The highest BCUT2D eigenvalue weighted by molar-refractivity contribution is 5.13. The van der Waals surface area contributed by atoms with E-state index in [0.29, 0.717) is 13.2 Å². The zero-order chi connectivity index (χ0) is 11.3. The number of aliphatic hydroxyl groups excluding tert-OH is 1. The van der Waals surface area contributed by atoms with Crippen LogP contribution in [0, 0.1) is 5.41 Å². The molecule has 0 amide bonds. The minimum absolute atomic E-state index is 0.0504. The van der Waals surface area contributed by atoms with Crippen LogP contribution < -0.4 is 0 Å². The molecular formula is C14H20O2. The maximum absolute atomic E-state index is 9.43. The third-order valence-corrected chi connectivity index (χ3v) is 3.52. The molecule has 1 fully saturated rings. The first-order chi connectivity index (χ1) is 7.85. The standard InChI is InChI=1S/C14H20O2/c15-11-14(8-4-5-9-14)12-16-10-13-6-2-1-3-7-13/h1-3,6-7,15H,4-5,8-12H2. The summed E-state index contributed by atoms with van der Waals surface area (Å²) in [4.78, 5) is 0. The lowest BCUT2D eigenvalue weighted by molar-refractivity contribution is 0.00263. The number of ether oxygens (including phenoxy) is 1. The van der Waals surface area contributed by atoms with Crippen molar-refractivity contribution in [2.75, 3.05) is 13.2 Å². The summed E-state index contributed by atoms with van der Waals surface area (Å²) in [5, 5.41) is 9.43. The lowest BCUT2D eigenvalue weighted by Crippen LogP contribution is -2.27. The van der Waals surface area contributed by atoms with Crippen molar-refractivity contribution in [3.8, 4) is 0 Å². The monoisotopic (exact) mass is 220 g/mol. The highest BCUT2D eigenvalue weighted by Gasteiger charge is 2.33. The smallest absolute Gasteiger partial charge is 0.0717 e. The van der Waals surface area contributed by atoms with Gasteiger partial charge in [-0.2, -0.15) is 0 Å². The summed E-state index contributed by atoms with van der Waals surface area (Å²) in [6, 6.07) is 10.2. The maximum atomic E-state index is 9.43. The van der Waals surface area contributed by atoms with Gasteiger partial charge in [0.15, 0.2) is 0 Å². The van der Waals surface area contributed by atoms with Gasteiger partial charge in [-0.05, 0) is 18.4 Å². The Morgan fingerprint density at radius 3 is 2.44 bits per heavy atom. The van der Waals surface area contributed by atoms with Gasteiger partial charge in [-0.25, -0.2) is 0 Å². The van der Waals surface area contributed by atoms with Gasteiger partial charge in [0, 0.05) is 5.41 Å². The van der Waals surface area contributed by atoms with E-state index in [2.05, 4.69) is 12.1 Å². The van der Waals surface area contributed by atoms with Crippen LogP contribution >= 0.6 is 0 Å². The van der Waals surface area contributed by atoms with Gasteiger partial charge in [0.1, 0.15) is 0 Å². The molecule has 0 heterocycles. The van der Waals surface area contributed by atoms with Crippen LogP contribution in [-0.2, 0) is 11.3 Å². The molecule has 0 aliphatic heterocycles. The van der Waals surface area contributed by atoms with Gasteiger partial charge in [-0.3, -0.25) is 0 Å². The van der Waals surface area contributed by atoms with E-state index in [0.717, 1.165) is 12.8 Å². The minimum Gasteiger partial charge on any atom is -0.396 e. The van der Waals surface area contributed by atoms with Crippen LogP contribution in [0.1, 0.15) is 31.2 Å². The molecule has 0 bridgehead atoms. The molecule has 2 nitrogen and oxygen atoms in total. The Morgan fingerprint density at radius 1 is 1.12 bits per heavy atom. The second kappa shape index (κ2) is 5.46. The predicted octanol–water partition coefficient (Wildman–Crippen LogP) is 2.76. The van der Waals surface area contributed by atoms with Crippen molar-refractivity contribution >= 4 is 0 Å². The molecule has 0 unspecified atom stereocenters. The fraction of sp³-hybridized carbons (Fsp3) is 0.571. The van der Waals surface area contributed by atoms with Gasteiger partial charge < -0.3 is 9.84 Å². The molecule has 1 aliphatic carbocycles. The summed E-state index contributed by atoms with van der Waals surface area (Å²) in [5.74, 6) is 0. The summed E-state index contributed by atoms with van der Waals surface area (Å²) < 4.78 is 5.74. The van der Waals surface area contributed by atoms with E-state index in [1.54, 1.807) is 0 Å². The van der Waals surface area contributed by atoms with Gasteiger partial charge in [0.25, 0.3) is 0 Å². The van der Waals surface area contributed by atoms with Crippen molar-refractivity contribution in [3.05, 3.63) is 35.9 Å². The van der Waals surface area contributed by atoms with Crippen molar-refractivity contribution in [1.82, 2.24) is 0 Å². The molecule has 88 valence electrons. The second-order valence-electron chi connectivity index (χ2n) is 4.84. The lowest BCUT2D eigenvalue weighted by atomic mass is 9.88. The average molecular weight is 220 g/mol. The molecule has 1 aromatic carbocycles. The molecule has 0 spiro atoms. The summed E-state index contributed by atoms with van der Waals surface area (Å²) in [5.41, 5.74) is 1.25. The molecule has 2 rings (SSSR count). The summed E-state index contributed by atoms with van der Waals surface area (Å²) in [6.07, 6.45) is 4.68. The van der Waals surface area contributed by atoms with E-state index >= 15 is 0 Å². The van der Waals surface area contributed by atoms with Gasteiger partial charge in [0.05, 0.1) is 19.8 Å². The van der Waals surface area contributed by atoms with Crippen LogP contribution in [0.4, 0.5) is 0 Å². The number of benzene rings is 1. The Labute approximate surface area is 97.3 Å². The van der Waals surface area contributed by atoms with Crippen molar-refractivity contribution in [1.29, 1.82) is 0 Å². The van der Waals surface area contributed by atoms with Crippen LogP contribution in [-0.4, -0.2) is 18.3 Å². The van der Waals surface area contributed by atoms with Crippen LogP contribution in [0.25, 0.3) is 0 Å². The fourth-order valence-corrected chi connectivity index (χ4v) is 2.43. The predicted molar refractivity (Wildman–Crippen MR) is 64.1 cm³/mol. The second-order valence-corrected chi connectivity index (χ2v) is 4.84. The van der Waals surface area contributed by atoms with Crippen molar-refractivity contribution in [2.45, 2.75) is 32.3 Å². The van der Waals surface area contributed by atoms with Gasteiger partial charge in [0.2, 0.25) is 0 Å². The lowest BCUT2D eigenvalue weighted by Gasteiger charge is -2.25. The quantitative estimate of drug-likeness (QED) is 0.826. The zero-order valence-corrected chi connectivity index (χ0v) is 9.69. The summed E-state index contributed by atoms with van der Waals surface area (Å²) >= 11 is 0. The highest BCUT2D eigenvalue weighted by atomic mass is 16.5. The molecule has 1 aliphatic rings. The summed E-state index contributed by atoms with van der Waals surface area (Å²) in [6.45, 7) is 1.61. The molecule has 0 atom stereocenters.